The fourth-order valence-corrected chi connectivity index (χ4v) is 6.19. The maximum Gasteiger partial charge on any atom is 0.243 e. The number of fused-ring (bicyclic) bond motifs is 2. The molecule has 2 aliphatic rings. The van der Waals surface area contributed by atoms with E-state index >= 15 is 0 Å². The van der Waals surface area contributed by atoms with Crippen molar-refractivity contribution in [1.82, 2.24) is 19.4 Å². The number of sulfonamides is 1. The van der Waals surface area contributed by atoms with Crippen molar-refractivity contribution in [2.75, 3.05) is 13.1 Å². The monoisotopic (exact) mass is 348 g/mol. The van der Waals surface area contributed by atoms with Gasteiger partial charge in [-0.05, 0) is 57.9 Å². The molecular weight excluding hydrogens is 324 g/mol. The first-order chi connectivity index (χ1) is 11.4. The minimum absolute atomic E-state index is 0.0567. The summed E-state index contributed by atoms with van der Waals surface area (Å²) < 4.78 is 30.1. The van der Waals surface area contributed by atoms with Crippen molar-refractivity contribution in [2.45, 2.75) is 50.2 Å². The van der Waals surface area contributed by atoms with Crippen LogP contribution in [0.2, 0.25) is 0 Å². The predicted molar refractivity (Wildman–Crippen MR) is 93.4 cm³/mol. The Balaban J connectivity index is 1.75. The van der Waals surface area contributed by atoms with E-state index in [2.05, 4.69) is 24.3 Å². The van der Waals surface area contributed by atoms with Crippen LogP contribution in [0.25, 0.3) is 10.9 Å². The second-order valence-corrected chi connectivity index (χ2v) is 9.15. The topological polar surface area (TPSA) is 67.2 Å². The molecule has 0 amide bonds. The third-order valence-corrected chi connectivity index (χ3v) is 7.38. The predicted octanol–water partition coefficient (Wildman–Crippen LogP) is 1.99. The highest BCUT2D eigenvalue weighted by Gasteiger charge is 2.47. The third-order valence-electron chi connectivity index (χ3n) is 5.34. The Labute approximate surface area is 142 Å². The van der Waals surface area contributed by atoms with Crippen LogP contribution in [-0.4, -0.2) is 47.7 Å². The van der Waals surface area contributed by atoms with Gasteiger partial charge in [-0.3, -0.25) is 4.68 Å². The van der Waals surface area contributed by atoms with Gasteiger partial charge in [-0.15, -0.1) is 0 Å². The molecule has 2 fully saturated rings. The van der Waals surface area contributed by atoms with Crippen molar-refractivity contribution in [2.24, 2.45) is 5.92 Å². The van der Waals surface area contributed by atoms with Gasteiger partial charge < -0.3 is 5.32 Å². The van der Waals surface area contributed by atoms with Gasteiger partial charge in [0.25, 0.3) is 0 Å². The van der Waals surface area contributed by atoms with Crippen molar-refractivity contribution >= 4 is 20.9 Å². The molecule has 0 unspecified atom stereocenters. The Morgan fingerprint density at radius 1 is 1.29 bits per heavy atom. The molecule has 0 aliphatic carbocycles. The van der Waals surface area contributed by atoms with E-state index in [1.165, 1.54) is 0 Å². The van der Waals surface area contributed by atoms with Crippen LogP contribution >= 0.6 is 0 Å². The minimum Gasteiger partial charge on any atom is -0.315 e. The second kappa shape index (κ2) is 5.54. The van der Waals surface area contributed by atoms with Gasteiger partial charge in [0, 0.05) is 30.1 Å². The van der Waals surface area contributed by atoms with Gasteiger partial charge >= 0.3 is 0 Å². The molecule has 130 valence electrons. The van der Waals surface area contributed by atoms with Crippen LogP contribution < -0.4 is 5.32 Å². The third kappa shape index (κ3) is 2.29. The van der Waals surface area contributed by atoms with Gasteiger partial charge in [-0.25, -0.2) is 8.42 Å². The maximum absolute atomic E-state index is 13.2. The molecule has 1 aromatic heterocycles. The fourth-order valence-electron chi connectivity index (χ4n) is 4.27. The number of hydrogen-bond donors (Lipinski definition) is 1. The summed E-state index contributed by atoms with van der Waals surface area (Å²) in [4.78, 5) is 0.373. The van der Waals surface area contributed by atoms with Crippen LogP contribution in [0.15, 0.2) is 29.3 Å². The molecule has 1 aromatic carbocycles. The normalized spacial score (nSPS) is 28.1. The van der Waals surface area contributed by atoms with E-state index in [1.807, 2.05) is 17.7 Å². The second-order valence-electron chi connectivity index (χ2n) is 7.31. The zero-order valence-corrected chi connectivity index (χ0v) is 15.1. The lowest BCUT2D eigenvalue weighted by atomic mass is 10.0. The van der Waals surface area contributed by atoms with Crippen LogP contribution in [0.5, 0.6) is 0 Å². The van der Waals surface area contributed by atoms with Crippen LogP contribution in [0.4, 0.5) is 0 Å². The smallest absolute Gasteiger partial charge is 0.243 e. The minimum atomic E-state index is -3.49. The molecule has 0 radical (unpaired) electrons. The molecule has 0 bridgehead atoms. The Hall–Kier alpha value is -1.44. The molecule has 7 heteroatoms. The van der Waals surface area contributed by atoms with Gasteiger partial charge in [0.2, 0.25) is 10.0 Å². The summed E-state index contributed by atoms with van der Waals surface area (Å²) in [5.74, 6) is 0.433. The molecule has 4 rings (SSSR count). The summed E-state index contributed by atoms with van der Waals surface area (Å²) in [7, 11) is -3.49. The molecule has 0 saturated carbocycles. The van der Waals surface area contributed by atoms with Crippen LogP contribution in [0.1, 0.15) is 33.2 Å². The molecule has 3 heterocycles. The Morgan fingerprint density at radius 3 is 2.83 bits per heavy atom. The summed E-state index contributed by atoms with van der Waals surface area (Å²) in [5.41, 5.74) is 0.971. The number of nitrogens with zero attached hydrogens (tertiary/aromatic N) is 3. The van der Waals surface area contributed by atoms with Crippen molar-refractivity contribution in [3.05, 3.63) is 24.4 Å². The first-order valence-corrected chi connectivity index (χ1v) is 10.0. The average Bonchev–Trinajstić information content (AvgIpc) is 3.18. The zero-order valence-electron chi connectivity index (χ0n) is 14.3. The van der Waals surface area contributed by atoms with Crippen molar-refractivity contribution in [1.29, 1.82) is 0 Å². The van der Waals surface area contributed by atoms with E-state index in [4.69, 9.17) is 0 Å². The van der Waals surface area contributed by atoms with E-state index in [0.29, 0.717) is 10.8 Å². The number of rotatable bonds is 3. The van der Waals surface area contributed by atoms with Crippen molar-refractivity contribution in [3.8, 4) is 0 Å². The molecular formula is C17H24N4O2S. The van der Waals surface area contributed by atoms with E-state index < -0.39 is 10.0 Å². The lowest BCUT2D eigenvalue weighted by Crippen LogP contribution is -2.42. The number of hydrogen-bond acceptors (Lipinski definition) is 4. The van der Waals surface area contributed by atoms with Crippen molar-refractivity contribution in [3.63, 3.8) is 0 Å². The quantitative estimate of drug-likeness (QED) is 0.921. The highest BCUT2D eigenvalue weighted by molar-refractivity contribution is 7.89. The van der Waals surface area contributed by atoms with Gasteiger partial charge in [0.1, 0.15) is 0 Å². The van der Waals surface area contributed by atoms with E-state index in [0.717, 1.165) is 30.4 Å². The van der Waals surface area contributed by atoms with E-state index in [9.17, 15) is 8.42 Å². The Bertz CT molecular complexity index is 874. The summed E-state index contributed by atoms with van der Waals surface area (Å²) in [6, 6.07) is 5.74. The molecule has 24 heavy (non-hydrogen) atoms. The average molecular weight is 348 g/mol. The lowest BCUT2D eigenvalue weighted by Gasteiger charge is -2.26. The molecule has 2 aromatic rings. The summed E-state index contributed by atoms with van der Waals surface area (Å²) in [5, 5.41) is 8.58. The Morgan fingerprint density at radius 2 is 2.08 bits per heavy atom. The molecule has 2 aliphatic heterocycles. The largest absolute Gasteiger partial charge is 0.315 e. The number of aromatic nitrogens is 2. The summed E-state index contributed by atoms with van der Waals surface area (Å²) in [6.07, 6.45) is 2.69. The Kier molecular flexibility index (Phi) is 3.71. The number of benzene rings is 1. The first kappa shape index (κ1) is 16.1. The van der Waals surface area contributed by atoms with Crippen LogP contribution in [0.3, 0.4) is 0 Å². The molecule has 0 spiro atoms. The number of nitrogens with one attached hydrogen (secondary N) is 1. The SMILES string of the molecule is CC(C)n1ncc2cc(S(=O)(=O)N3[C@@H](C)C[C@@H]4CNC[C@@H]43)ccc21. The van der Waals surface area contributed by atoms with Gasteiger partial charge in [0.05, 0.1) is 16.6 Å². The van der Waals surface area contributed by atoms with Gasteiger partial charge in [0.15, 0.2) is 0 Å². The highest BCUT2D eigenvalue weighted by atomic mass is 32.2. The van der Waals surface area contributed by atoms with Gasteiger partial charge in [-0.2, -0.15) is 9.40 Å². The fraction of sp³-hybridized carbons (Fsp3) is 0.588. The molecule has 6 nitrogen and oxygen atoms in total. The van der Waals surface area contributed by atoms with Crippen LogP contribution in [0, 0.1) is 5.92 Å². The standard InChI is InChI=1S/C17H24N4O2S/c1-11(2)20-16-5-4-15(7-14(16)9-19-20)24(22,23)21-12(3)6-13-8-18-10-17(13)21/h4-5,7,9,11-13,17-18H,6,8,10H2,1-3H3/t12-,13+,17-/m0/s1. The highest BCUT2D eigenvalue weighted by Crippen LogP contribution is 2.37. The summed E-state index contributed by atoms with van der Waals surface area (Å²) >= 11 is 0. The maximum atomic E-state index is 13.2. The van der Waals surface area contributed by atoms with E-state index in [-0.39, 0.29) is 18.1 Å². The molecule has 3 atom stereocenters. The van der Waals surface area contributed by atoms with E-state index in [1.54, 1.807) is 22.6 Å². The summed E-state index contributed by atoms with van der Waals surface area (Å²) in [6.45, 7) is 7.82. The molecule has 2 saturated heterocycles. The zero-order chi connectivity index (χ0) is 17.1. The van der Waals surface area contributed by atoms with Gasteiger partial charge in [-0.1, -0.05) is 0 Å². The molecule has 1 N–H and O–H groups in total. The lowest BCUT2D eigenvalue weighted by molar-refractivity contribution is 0.336. The van der Waals surface area contributed by atoms with Crippen LogP contribution in [-0.2, 0) is 10.0 Å². The first-order valence-electron chi connectivity index (χ1n) is 8.61. The van der Waals surface area contributed by atoms with Crippen molar-refractivity contribution < 1.29 is 8.42 Å².